The van der Waals surface area contributed by atoms with Crippen molar-refractivity contribution in [2.24, 2.45) is 5.92 Å². The third-order valence-electron chi connectivity index (χ3n) is 4.13. The molecule has 1 aromatic rings. The lowest BCUT2D eigenvalue weighted by Crippen LogP contribution is -2.42. The zero-order chi connectivity index (χ0) is 14.1. The predicted molar refractivity (Wildman–Crippen MR) is 75.1 cm³/mol. The van der Waals surface area contributed by atoms with E-state index < -0.39 is 5.97 Å². The molecule has 5 heteroatoms. The first-order chi connectivity index (χ1) is 9.66. The molecular weight excluding hydrogens is 256 g/mol. The molecule has 0 radical (unpaired) electrons. The van der Waals surface area contributed by atoms with Crippen LogP contribution in [0, 0.1) is 5.92 Å². The number of anilines is 1. The third kappa shape index (κ3) is 2.29. The molecule has 0 spiro atoms. The summed E-state index contributed by atoms with van der Waals surface area (Å²) in [6, 6.07) is 5.02. The van der Waals surface area contributed by atoms with Crippen molar-refractivity contribution in [3.05, 3.63) is 29.3 Å². The van der Waals surface area contributed by atoms with E-state index in [1.54, 1.807) is 18.2 Å². The molecule has 0 saturated carbocycles. The number of rotatable bonds is 2. The van der Waals surface area contributed by atoms with Crippen molar-refractivity contribution in [1.29, 1.82) is 0 Å². The first kappa shape index (κ1) is 13.1. The Labute approximate surface area is 117 Å². The summed E-state index contributed by atoms with van der Waals surface area (Å²) in [6.07, 6.45) is 2.71. The summed E-state index contributed by atoms with van der Waals surface area (Å²) in [4.78, 5) is 25.3. The summed E-state index contributed by atoms with van der Waals surface area (Å²) in [5.74, 6) is -0.707. The quantitative estimate of drug-likeness (QED) is 0.852. The Bertz CT molecular complexity index is 550. The summed E-state index contributed by atoms with van der Waals surface area (Å²) in [5.41, 5.74) is 2.13. The molecule has 0 bridgehead atoms. The number of hydrogen-bond donors (Lipinski definition) is 2. The molecule has 5 nitrogen and oxygen atoms in total. The standard InChI is InChI=1S/C15H18N2O3/c18-14(12-2-1-6-16-9-12)17-7-5-10-8-11(15(19)20)3-4-13(10)17/h3-4,8,12,16H,1-2,5-7,9H2,(H,19,20)/t12-/m0/s1. The van der Waals surface area contributed by atoms with Crippen LogP contribution < -0.4 is 10.2 Å². The number of carbonyl (C=O) groups is 2. The number of aromatic carboxylic acids is 1. The zero-order valence-corrected chi connectivity index (χ0v) is 11.3. The summed E-state index contributed by atoms with van der Waals surface area (Å²) >= 11 is 0. The van der Waals surface area contributed by atoms with E-state index in [0.717, 1.165) is 43.6 Å². The topological polar surface area (TPSA) is 69.6 Å². The van der Waals surface area contributed by atoms with Gasteiger partial charge in [-0.3, -0.25) is 4.79 Å². The molecule has 106 valence electrons. The number of carbonyl (C=O) groups excluding carboxylic acids is 1. The summed E-state index contributed by atoms with van der Waals surface area (Å²) in [6.45, 7) is 2.40. The highest BCUT2D eigenvalue weighted by Crippen LogP contribution is 2.31. The molecule has 3 rings (SSSR count). The van der Waals surface area contributed by atoms with E-state index >= 15 is 0 Å². The van der Waals surface area contributed by atoms with Gasteiger partial charge in [0, 0.05) is 18.8 Å². The van der Waals surface area contributed by atoms with Crippen LogP contribution >= 0.6 is 0 Å². The van der Waals surface area contributed by atoms with Crippen molar-refractivity contribution in [2.45, 2.75) is 19.3 Å². The van der Waals surface area contributed by atoms with Crippen molar-refractivity contribution < 1.29 is 14.7 Å². The van der Waals surface area contributed by atoms with E-state index in [-0.39, 0.29) is 17.4 Å². The Hall–Kier alpha value is -1.88. The van der Waals surface area contributed by atoms with Gasteiger partial charge in [0.1, 0.15) is 0 Å². The van der Waals surface area contributed by atoms with Crippen molar-refractivity contribution >= 4 is 17.6 Å². The number of carboxylic acid groups (broad SMARTS) is 1. The number of carboxylic acids is 1. The van der Waals surface area contributed by atoms with Gasteiger partial charge >= 0.3 is 5.97 Å². The van der Waals surface area contributed by atoms with Crippen LogP contribution in [0.25, 0.3) is 0 Å². The highest BCUT2D eigenvalue weighted by Gasteiger charge is 2.31. The van der Waals surface area contributed by atoms with Crippen LogP contribution in [-0.2, 0) is 11.2 Å². The van der Waals surface area contributed by atoms with Crippen molar-refractivity contribution in [3.8, 4) is 0 Å². The molecule has 2 aliphatic heterocycles. The maximum absolute atomic E-state index is 12.6. The molecule has 1 atom stereocenters. The Morgan fingerprint density at radius 3 is 2.90 bits per heavy atom. The number of fused-ring (bicyclic) bond motifs is 1. The molecule has 0 unspecified atom stereocenters. The number of nitrogens with zero attached hydrogens (tertiary/aromatic N) is 1. The summed E-state index contributed by atoms with van der Waals surface area (Å²) < 4.78 is 0. The van der Waals surface area contributed by atoms with Gasteiger partial charge in [-0.15, -0.1) is 0 Å². The van der Waals surface area contributed by atoms with E-state index in [2.05, 4.69) is 5.32 Å². The monoisotopic (exact) mass is 274 g/mol. The summed E-state index contributed by atoms with van der Waals surface area (Å²) in [7, 11) is 0. The van der Waals surface area contributed by atoms with Gasteiger partial charge < -0.3 is 15.3 Å². The Morgan fingerprint density at radius 2 is 2.20 bits per heavy atom. The fourth-order valence-corrected chi connectivity index (χ4v) is 3.05. The van der Waals surface area contributed by atoms with E-state index in [9.17, 15) is 9.59 Å². The van der Waals surface area contributed by atoms with E-state index in [1.165, 1.54) is 0 Å². The molecule has 0 aromatic heterocycles. The Morgan fingerprint density at radius 1 is 1.35 bits per heavy atom. The molecule has 2 aliphatic rings. The second-order valence-electron chi connectivity index (χ2n) is 5.43. The van der Waals surface area contributed by atoms with Crippen LogP contribution in [0.2, 0.25) is 0 Å². The maximum atomic E-state index is 12.6. The smallest absolute Gasteiger partial charge is 0.335 e. The second-order valence-corrected chi connectivity index (χ2v) is 5.43. The summed E-state index contributed by atoms with van der Waals surface area (Å²) in [5, 5.41) is 12.3. The van der Waals surface area contributed by atoms with Crippen molar-refractivity contribution in [3.63, 3.8) is 0 Å². The highest BCUT2D eigenvalue weighted by atomic mass is 16.4. The molecule has 1 aromatic carbocycles. The molecule has 20 heavy (non-hydrogen) atoms. The second kappa shape index (κ2) is 5.25. The lowest BCUT2D eigenvalue weighted by atomic mass is 9.98. The number of amides is 1. The minimum Gasteiger partial charge on any atom is -0.478 e. The van der Waals surface area contributed by atoms with Gasteiger partial charge in [0.2, 0.25) is 5.91 Å². The zero-order valence-electron chi connectivity index (χ0n) is 11.3. The van der Waals surface area contributed by atoms with Crippen molar-refractivity contribution in [1.82, 2.24) is 5.32 Å². The Kier molecular flexibility index (Phi) is 3.44. The van der Waals surface area contributed by atoms with Gasteiger partial charge in [0.25, 0.3) is 0 Å². The maximum Gasteiger partial charge on any atom is 0.335 e. The molecule has 2 heterocycles. The lowest BCUT2D eigenvalue weighted by Gasteiger charge is -2.27. The van der Waals surface area contributed by atoms with Crippen molar-refractivity contribution in [2.75, 3.05) is 24.5 Å². The molecule has 1 amide bonds. The van der Waals surface area contributed by atoms with Gasteiger partial charge in [0.15, 0.2) is 0 Å². The van der Waals surface area contributed by atoms with E-state index in [0.29, 0.717) is 6.54 Å². The van der Waals surface area contributed by atoms with Gasteiger partial charge in [-0.2, -0.15) is 0 Å². The minimum atomic E-state index is -0.922. The van der Waals surface area contributed by atoms with E-state index in [4.69, 9.17) is 5.11 Å². The number of benzene rings is 1. The first-order valence-electron chi connectivity index (χ1n) is 7.05. The van der Waals surface area contributed by atoms with Crippen LogP contribution in [-0.4, -0.2) is 36.6 Å². The Balaban J connectivity index is 1.81. The minimum absolute atomic E-state index is 0.0499. The van der Waals surface area contributed by atoms with Gasteiger partial charge in [-0.25, -0.2) is 4.79 Å². The largest absolute Gasteiger partial charge is 0.478 e. The third-order valence-corrected chi connectivity index (χ3v) is 4.13. The van der Waals surface area contributed by atoms with Crippen LogP contribution in [0.1, 0.15) is 28.8 Å². The van der Waals surface area contributed by atoms with Gasteiger partial charge in [-0.05, 0) is 49.6 Å². The number of hydrogen-bond acceptors (Lipinski definition) is 3. The fourth-order valence-electron chi connectivity index (χ4n) is 3.05. The van der Waals surface area contributed by atoms with E-state index in [1.807, 2.05) is 4.90 Å². The molecule has 2 N–H and O–H groups in total. The molecule has 1 saturated heterocycles. The van der Waals surface area contributed by atoms with Crippen LogP contribution in [0.3, 0.4) is 0 Å². The fraction of sp³-hybridized carbons (Fsp3) is 0.467. The molecular formula is C15H18N2O3. The molecule has 1 fully saturated rings. The van der Waals surface area contributed by atoms with Gasteiger partial charge in [0.05, 0.1) is 11.5 Å². The SMILES string of the molecule is O=C(O)c1ccc2c(c1)CCN2C(=O)[C@H]1CCCNC1. The molecule has 0 aliphatic carbocycles. The van der Waals surface area contributed by atoms with Gasteiger partial charge in [-0.1, -0.05) is 0 Å². The average molecular weight is 274 g/mol. The lowest BCUT2D eigenvalue weighted by molar-refractivity contribution is -0.122. The number of piperidine rings is 1. The number of nitrogens with one attached hydrogen (secondary N) is 1. The average Bonchev–Trinajstić information content (AvgIpc) is 2.90. The highest BCUT2D eigenvalue weighted by molar-refractivity contribution is 5.98. The van der Waals surface area contributed by atoms with Crippen LogP contribution in [0.4, 0.5) is 5.69 Å². The van der Waals surface area contributed by atoms with Crippen LogP contribution in [0.15, 0.2) is 18.2 Å². The predicted octanol–water partition coefficient (Wildman–Crippen LogP) is 1.27. The normalized spacial score (nSPS) is 21.6. The van der Waals surface area contributed by atoms with Crippen LogP contribution in [0.5, 0.6) is 0 Å². The first-order valence-corrected chi connectivity index (χ1v) is 7.05.